The first-order valence-electron chi connectivity index (χ1n) is 8.95. The molecule has 0 aliphatic heterocycles. The molecule has 0 saturated heterocycles. The normalized spacial score (nSPS) is 10.4. The molecule has 0 saturated carbocycles. The Hall–Kier alpha value is -2.62. The molecule has 0 N–H and O–H groups in total. The van der Waals surface area contributed by atoms with Crippen LogP contribution in [0.2, 0.25) is 0 Å². The van der Waals surface area contributed by atoms with Gasteiger partial charge in [0.05, 0.1) is 0 Å². The Morgan fingerprint density at radius 1 is 0.654 bits per heavy atom. The molecule has 138 valence electrons. The fraction of sp³-hybridized carbons (Fsp3) is 0.364. The van der Waals surface area contributed by atoms with Gasteiger partial charge in [-0.15, -0.1) is 0 Å². The monoisotopic (exact) mass is 354 g/mol. The van der Waals surface area contributed by atoms with E-state index in [1.165, 1.54) is 11.1 Å². The third-order valence-corrected chi connectivity index (χ3v) is 4.05. The van der Waals surface area contributed by atoms with Crippen LogP contribution in [0.1, 0.15) is 47.9 Å². The quantitative estimate of drug-likeness (QED) is 0.486. The van der Waals surface area contributed by atoms with Gasteiger partial charge in [-0.3, -0.25) is 9.59 Å². The third-order valence-electron chi connectivity index (χ3n) is 4.05. The number of esters is 2. The van der Waals surface area contributed by atoms with Crippen molar-refractivity contribution in [1.82, 2.24) is 0 Å². The van der Waals surface area contributed by atoms with Crippen LogP contribution < -0.4 is 0 Å². The van der Waals surface area contributed by atoms with Crippen LogP contribution in [0.5, 0.6) is 0 Å². The van der Waals surface area contributed by atoms with Crippen LogP contribution in [0.4, 0.5) is 0 Å². The summed E-state index contributed by atoms with van der Waals surface area (Å²) in [6, 6.07) is 15.8. The highest BCUT2D eigenvalue weighted by Crippen LogP contribution is 2.09. The van der Waals surface area contributed by atoms with E-state index in [2.05, 4.69) is 0 Å². The first-order chi connectivity index (χ1) is 12.5. The highest BCUT2D eigenvalue weighted by Gasteiger charge is 2.07. The van der Waals surface area contributed by atoms with Crippen molar-refractivity contribution in [3.63, 3.8) is 0 Å². The van der Waals surface area contributed by atoms with Crippen LogP contribution in [0.25, 0.3) is 0 Å². The molecule has 4 nitrogen and oxygen atoms in total. The van der Waals surface area contributed by atoms with E-state index in [-0.39, 0.29) is 25.2 Å². The second-order valence-corrected chi connectivity index (χ2v) is 6.50. The molecule has 2 rings (SSSR count). The molecule has 0 aliphatic carbocycles. The van der Waals surface area contributed by atoms with Gasteiger partial charge in [0.15, 0.2) is 0 Å². The van der Waals surface area contributed by atoms with Gasteiger partial charge >= 0.3 is 11.9 Å². The molecule has 0 spiro atoms. The zero-order valence-corrected chi connectivity index (χ0v) is 15.5. The van der Waals surface area contributed by atoms with Gasteiger partial charge in [0, 0.05) is 12.8 Å². The van der Waals surface area contributed by atoms with Crippen molar-refractivity contribution < 1.29 is 19.1 Å². The van der Waals surface area contributed by atoms with E-state index in [0.717, 1.165) is 11.1 Å². The van der Waals surface area contributed by atoms with Crippen LogP contribution in [-0.4, -0.2) is 11.9 Å². The smallest absolute Gasteiger partial charge is 0.306 e. The Labute approximate surface area is 155 Å². The number of unbranched alkanes of at least 4 members (excludes halogenated alkanes) is 1. The number of hydrogen-bond acceptors (Lipinski definition) is 4. The Morgan fingerprint density at radius 2 is 1.00 bits per heavy atom. The van der Waals surface area contributed by atoms with Crippen LogP contribution in [0, 0.1) is 13.8 Å². The largest absolute Gasteiger partial charge is 0.461 e. The predicted molar refractivity (Wildman–Crippen MR) is 100 cm³/mol. The highest BCUT2D eigenvalue weighted by atomic mass is 16.5. The molecule has 0 aliphatic rings. The summed E-state index contributed by atoms with van der Waals surface area (Å²) < 4.78 is 10.5. The molecule has 2 aromatic carbocycles. The van der Waals surface area contributed by atoms with E-state index in [1.807, 2.05) is 62.4 Å². The van der Waals surface area contributed by atoms with Gasteiger partial charge in [-0.2, -0.15) is 0 Å². The first-order valence-corrected chi connectivity index (χ1v) is 8.95. The maximum atomic E-state index is 11.7. The molecule has 0 atom stereocenters. The molecule has 0 fully saturated rings. The van der Waals surface area contributed by atoms with E-state index >= 15 is 0 Å². The molecular weight excluding hydrogens is 328 g/mol. The second-order valence-electron chi connectivity index (χ2n) is 6.50. The van der Waals surface area contributed by atoms with E-state index in [0.29, 0.717) is 25.7 Å². The summed E-state index contributed by atoms with van der Waals surface area (Å²) in [5.74, 6) is -0.475. The molecule has 26 heavy (non-hydrogen) atoms. The van der Waals surface area contributed by atoms with Crippen molar-refractivity contribution in [2.24, 2.45) is 0 Å². The summed E-state index contributed by atoms with van der Waals surface area (Å²) in [5.41, 5.74) is 4.30. The summed E-state index contributed by atoms with van der Waals surface area (Å²) >= 11 is 0. The van der Waals surface area contributed by atoms with Crippen LogP contribution >= 0.6 is 0 Å². The summed E-state index contributed by atoms with van der Waals surface area (Å²) in [5, 5.41) is 0. The summed E-state index contributed by atoms with van der Waals surface area (Å²) in [6.45, 7) is 4.61. The van der Waals surface area contributed by atoms with Gasteiger partial charge in [0.2, 0.25) is 0 Å². The lowest BCUT2D eigenvalue weighted by Crippen LogP contribution is -2.07. The average Bonchev–Trinajstić information content (AvgIpc) is 2.64. The lowest BCUT2D eigenvalue weighted by molar-refractivity contribution is -0.147. The van der Waals surface area contributed by atoms with E-state index < -0.39 is 0 Å². The topological polar surface area (TPSA) is 52.6 Å². The lowest BCUT2D eigenvalue weighted by Gasteiger charge is -2.06. The number of carbonyl (C=O) groups excluding carboxylic acids is 2. The Morgan fingerprint density at radius 3 is 1.35 bits per heavy atom. The number of carbonyl (C=O) groups is 2. The minimum atomic E-state index is -0.237. The van der Waals surface area contributed by atoms with Crippen molar-refractivity contribution in [1.29, 1.82) is 0 Å². The van der Waals surface area contributed by atoms with Crippen LogP contribution in [0.3, 0.4) is 0 Å². The standard InChI is InChI=1S/C22H26O4/c1-17-7-11-19(12-8-17)15-25-21(23)5-3-4-6-22(24)26-16-20-13-9-18(2)10-14-20/h7-14H,3-6,15-16H2,1-2H3. The Kier molecular flexibility index (Phi) is 7.87. The SMILES string of the molecule is Cc1ccc(COC(=O)CCCCC(=O)OCc2ccc(C)cc2)cc1. The van der Waals surface area contributed by atoms with Gasteiger partial charge in [0.1, 0.15) is 13.2 Å². The minimum Gasteiger partial charge on any atom is -0.461 e. The van der Waals surface area contributed by atoms with E-state index in [9.17, 15) is 9.59 Å². The molecule has 0 radical (unpaired) electrons. The Bertz CT molecular complexity index is 638. The molecule has 4 heteroatoms. The number of aryl methyl sites for hydroxylation is 2. The Balaban J connectivity index is 1.54. The minimum absolute atomic E-state index is 0.237. The summed E-state index contributed by atoms with van der Waals surface area (Å²) in [7, 11) is 0. The third kappa shape index (κ3) is 7.51. The van der Waals surface area contributed by atoms with Crippen molar-refractivity contribution in [3.8, 4) is 0 Å². The summed E-state index contributed by atoms with van der Waals surface area (Å²) in [6.07, 6.45) is 1.87. The van der Waals surface area contributed by atoms with Gasteiger partial charge in [-0.05, 0) is 37.8 Å². The maximum Gasteiger partial charge on any atom is 0.306 e. The molecular formula is C22H26O4. The van der Waals surface area contributed by atoms with Crippen molar-refractivity contribution in [2.45, 2.75) is 52.7 Å². The zero-order chi connectivity index (χ0) is 18.8. The average molecular weight is 354 g/mol. The number of rotatable bonds is 9. The molecule has 0 unspecified atom stereocenters. The number of hydrogen-bond donors (Lipinski definition) is 0. The number of benzene rings is 2. The molecule has 0 heterocycles. The molecule has 0 bridgehead atoms. The number of ether oxygens (including phenoxy) is 2. The van der Waals surface area contributed by atoms with Crippen molar-refractivity contribution in [2.75, 3.05) is 0 Å². The first kappa shape index (κ1) is 19.7. The van der Waals surface area contributed by atoms with Crippen molar-refractivity contribution >= 4 is 11.9 Å². The van der Waals surface area contributed by atoms with Crippen LogP contribution in [0.15, 0.2) is 48.5 Å². The lowest BCUT2D eigenvalue weighted by atomic mass is 10.1. The van der Waals surface area contributed by atoms with E-state index in [4.69, 9.17) is 9.47 Å². The fourth-order valence-electron chi connectivity index (χ4n) is 2.38. The molecule has 2 aromatic rings. The van der Waals surface area contributed by atoms with Gasteiger partial charge in [-0.25, -0.2) is 0 Å². The molecule has 0 aromatic heterocycles. The summed E-state index contributed by atoms with van der Waals surface area (Å²) in [4.78, 5) is 23.5. The van der Waals surface area contributed by atoms with Gasteiger partial charge in [0.25, 0.3) is 0 Å². The zero-order valence-electron chi connectivity index (χ0n) is 15.5. The van der Waals surface area contributed by atoms with Gasteiger partial charge < -0.3 is 9.47 Å². The van der Waals surface area contributed by atoms with Crippen molar-refractivity contribution in [3.05, 3.63) is 70.8 Å². The molecule has 0 amide bonds. The highest BCUT2D eigenvalue weighted by molar-refractivity contribution is 5.70. The second kappa shape index (κ2) is 10.4. The van der Waals surface area contributed by atoms with E-state index in [1.54, 1.807) is 0 Å². The van der Waals surface area contributed by atoms with Crippen LogP contribution in [-0.2, 0) is 32.3 Å². The predicted octanol–water partition coefficient (Wildman–Crippen LogP) is 4.65. The fourth-order valence-corrected chi connectivity index (χ4v) is 2.38. The maximum absolute atomic E-state index is 11.7. The van der Waals surface area contributed by atoms with Gasteiger partial charge in [-0.1, -0.05) is 59.7 Å².